The monoisotopic (exact) mass is 242 g/mol. The van der Waals surface area contributed by atoms with Crippen LogP contribution in [0.15, 0.2) is 24.3 Å². The molecule has 16 heavy (non-hydrogen) atoms. The van der Waals surface area contributed by atoms with Gasteiger partial charge in [0.1, 0.15) is 0 Å². The highest BCUT2D eigenvalue weighted by Gasteiger charge is 2.12. The molecule has 0 aliphatic heterocycles. The molecule has 0 saturated carbocycles. The summed E-state index contributed by atoms with van der Waals surface area (Å²) in [6.45, 7) is 6.06. The van der Waals surface area contributed by atoms with Gasteiger partial charge in [-0.1, -0.05) is 38.1 Å². The fourth-order valence-corrected chi connectivity index (χ4v) is 1.56. The topological polar surface area (TPSA) is 37.3 Å². The fourth-order valence-electron chi connectivity index (χ4n) is 1.56. The van der Waals surface area contributed by atoms with Crippen molar-refractivity contribution < 1.29 is 9.90 Å². The predicted octanol–water partition coefficient (Wildman–Crippen LogP) is 3.50. The maximum Gasteiger partial charge on any atom is 0.310 e. The summed E-state index contributed by atoms with van der Waals surface area (Å²) in [6.07, 6.45) is 1.04. The third-order valence-corrected chi connectivity index (χ3v) is 2.49. The van der Waals surface area contributed by atoms with Crippen molar-refractivity contribution in [2.45, 2.75) is 33.1 Å². The van der Waals surface area contributed by atoms with Crippen molar-refractivity contribution in [3.63, 3.8) is 0 Å². The van der Waals surface area contributed by atoms with Gasteiger partial charge in [0, 0.05) is 0 Å². The van der Waals surface area contributed by atoms with Gasteiger partial charge in [-0.25, -0.2) is 0 Å². The molecular formula is C13H19ClO2. The first kappa shape index (κ1) is 15.0. The van der Waals surface area contributed by atoms with E-state index in [2.05, 4.69) is 13.8 Å². The first-order chi connectivity index (χ1) is 7.00. The second-order valence-corrected chi connectivity index (χ2v) is 4.40. The first-order valence-corrected chi connectivity index (χ1v) is 5.32. The first-order valence-electron chi connectivity index (χ1n) is 5.32. The largest absolute Gasteiger partial charge is 0.481 e. The average Bonchev–Trinajstić information content (AvgIpc) is 2.17. The van der Waals surface area contributed by atoms with Crippen molar-refractivity contribution in [1.29, 1.82) is 0 Å². The number of rotatable bonds is 4. The normalized spacial score (nSPS) is 12.0. The van der Waals surface area contributed by atoms with Gasteiger partial charge in [-0.15, -0.1) is 12.4 Å². The molecule has 0 amide bonds. The number of hydrogen-bond donors (Lipinski definition) is 1. The number of hydrogen-bond acceptors (Lipinski definition) is 1. The molecule has 0 aromatic heterocycles. The average molecular weight is 243 g/mol. The second kappa shape index (κ2) is 6.54. The molecule has 1 N–H and O–H groups in total. The smallest absolute Gasteiger partial charge is 0.310 e. The van der Waals surface area contributed by atoms with E-state index in [4.69, 9.17) is 5.11 Å². The number of carbonyl (C=O) groups is 1. The molecule has 1 aromatic carbocycles. The number of carboxylic acid groups (broad SMARTS) is 1. The van der Waals surface area contributed by atoms with Crippen molar-refractivity contribution >= 4 is 18.4 Å². The summed E-state index contributed by atoms with van der Waals surface area (Å²) in [6, 6.07) is 7.87. The summed E-state index contributed by atoms with van der Waals surface area (Å²) in [7, 11) is 0. The van der Waals surface area contributed by atoms with E-state index in [0.29, 0.717) is 5.92 Å². The molecule has 0 heterocycles. The van der Waals surface area contributed by atoms with E-state index in [0.717, 1.165) is 12.0 Å². The minimum absolute atomic E-state index is 0. The molecule has 0 fully saturated rings. The van der Waals surface area contributed by atoms with Gasteiger partial charge < -0.3 is 5.11 Å². The summed E-state index contributed by atoms with van der Waals surface area (Å²) in [5, 5.41) is 8.85. The van der Waals surface area contributed by atoms with Crippen LogP contribution in [-0.4, -0.2) is 11.1 Å². The summed E-state index contributed by atoms with van der Waals surface area (Å²) >= 11 is 0. The molecule has 1 aromatic rings. The SMILES string of the molecule is CC(C)Cc1ccc([C@@H](C)C(=O)O)cc1.Cl. The lowest BCUT2D eigenvalue weighted by Gasteiger charge is -2.09. The van der Waals surface area contributed by atoms with Gasteiger partial charge in [0.2, 0.25) is 0 Å². The number of aliphatic carboxylic acids is 1. The van der Waals surface area contributed by atoms with Crippen LogP contribution in [0.3, 0.4) is 0 Å². The Morgan fingerprint density at radius 3 is 2.06 bits per heavy atom. The van der Waals surface area contributed by atoms with Gasteiger partial charge in [-0.2, -0.15) is 0 Å². The molecule has 0 radical (unpaired) electrons. The lowest BCUT2D eigenvalue weighted by molar-refractivity contribution is -0.138. The third kappa shape index (κ3) is 4.23. The Labute approximate surface area is 103 Å². The van der Waals surface area contributed by atoms with Crippen LogP contribution >= 0.6 is 12.4 Å². The quantitative estimate of drug-likeness (QED) is 0.878. The maximum absolute atomic E-state index is 10.8. The molecule has 1 atom stereocenters. The molecule has 0 aliphatic rings. The number of carboxylic acids is 1. The predicted molar refractivity (Wildman–Crippen MR) is 68.3 cm³/mol. The molecule has 0 saturated heterocycles. The standard InChI is InChI=1S/C13H18O2.ClH/c1-9(2)8-11-4-6-12(7-5-11)10(3)13(14)15;/h4-7,9-10H,8H2,1-3H3,(H,14,15);1H/t10-;/m1./s1. The Balaban J connectivity index is 0.00000225. The minimum Gasteiger partial charge on any atom is -0.481 e. The Morgan fingerprint density at radius 2 is 1.69 bits per heavy atom. The lowest BCUT2D eigenvalue weighted by Crippen LogP contribution is -2.07. The molecule has 0 aliphatic carbocycles. The Hall–Kier alpha value is -1.02. The van der Waals surface area contributed by atoms with Crippen LogP contribution in [0.5, 0.6) is 0 Å². The summed E-state index contributed by atoms with van der Waals surface area (Å²) in [4.78, 5) is 10.8. The molecule has 1 rings (SSSR count). The van der Waals surface area contributed by atoms with E-state index in [-0.39, 0.29) is 12.4 Å². The molecule has 3 heteroatoms. The number of halogens is 1. The zero-order valence-electron chi connectivity index (χ0n) is 9.93. The van der Waals surface area contributed by atoms with E-state index in [9.17, 15) is 4.79 Å². The van der Waals surface area contributed by atoms with Crippen molar-refractivity contribution in [3.05, 3.63) is 35.4 Å². The van der Waals surface area contributed by atoms with Crippen LogP contribution in [0, 0.1) is 5.92 Å². The highest BCUT2D eigenvalue weighted by molar-refractivity contribution is 5.85. The van der Waals surface area contributed by atoms with Gasteiger partial charge in [0.15, 0.2) is 0 Å². The van der Waals surface area contributed by atoms with E-state index >= 15 is 0 Å². The van der Waals surface area contributed by atoms with Crippen LogP contribution in [0.1, 0.15) is 37.8 Å². The zero-order valence-corrected chi connectivity index (χ0v) is 10.8. The minimum atomic E-state index is -0.772. The lowest BCUT2D eigenvalue weighted by atomic mass is 9.97. The molecule has 0 bridgehead atoms. The van der Waals surface area contributed by atoms with Crippen LogP contribution < -0.4 is 0 Å². The third-order valence-electron chi connectivity index (χ3n) is 2.49. The summed E-state index contributed by atoms with van der Waals surface area (Å²) in [5.41, 5.74) is 2.14. The van der Waals surface area contributed by atoms with Crippen LogP contribution in [-0.2, 0) is 11.2 Å². The van der Waals surface area contributed by atoms with E-state index in [1.54, 1.807) is 6.92 Å². The zero-order chi connectivity index (χ0) is 11.4. The molecular weight excluding hydrogens is 224 g/mol. The second-order valence-electron chi connectivity index (χ2n) is 4.40. The van der Waals surface area contributed by atoms with E-state index in [1.807, 2.05) is 24.3 Å². The number of benzene rings is 1. The van der Waals surface area contributed by atoms with Crippen LogP contribution in [0.25, 0.3) is 0 Å². The molecule has 0 unspecified atom stereocenters. The van der Waals surface area contributed by atoms with E-state index < -0.39 is 11.9 Å². The van der Waals surface area contributed by atoms with Crippen molar-refractivity contribution in [3.8, 4) is 0 Å². The Morgan fingerprint density at radius 1 is 1.19 bits per heavy atom. The Bertz CT molecular complexity index is 330. The summed E-state index contributed by atoms with van der Waals surface area (Å²) < 4.78 is 0. The van der Waals surface area contributed by atoms with Crippen molar-refractivity contribution in [1.82, 2.24) is 0 Å². The van der Waals surface area contributed by atoms with Crippen molar-refractivity contribution in [2.75, 3.05) is 0 Å². The van der Waals surface area contributed by atoms with Gasteiger partial charge in [0.05, 0.1) is 5.92 Å². The van der Waals surface area contributed by atoms with E-state index in [1.165, 1.54) is 5.56 Å². The van der Waals surface area contributed by atoms with Gasteiger partial charge in [-0.05, 0) is 30.4 Å². The highest BCUT2D eigenvalue weighted by Crippen LogP contribution is 2.17. The van der Waals surface area contributed by atoms with Gasteiger partial charge >= 0.3 is 5.97 Å². The highest BCUT2D eigenvalue weighted by atomic mass is 35.5. The molecule has 0 spiro atoms. The van der Waals surface area contributed by atoms with Gasteiger partial charge in [-0.3, -0.25) is 4.79 Å². The fraction of sp³-hybridized carbons (Fsp3) is 0.462. The van der Waals surface area contributed by atoms with Gasteiger partial charge in [0.25, 0.3) is 0 Å². The summed E-state index contributed by atoms with van der Waals surface area (Å²) in [5.74, 6) is -0.558. The molecule has 2 nitrogen and oxygen atoms in total. The Kier molecular flexibility index (Phi) is 6.12. The molecule has 90 valence electrons. The van der Waals surface area contributed by atoms with Crippen LogP contribution in [0.4, 0.5) is 0 Å². The van der Waals surface area contributed by atoms with Crippen LogP contribution in [0.2, 0.25) is 0 Å². The van der Waals surface area contributed by atoms with Crippen molar-refractivity contribution in [2.24, 2.45) is 5.92 Å². The maximum atomic E-state index is 10.8.